The molecule has 6 heteroatoms. The lowest BCUT2D eigenvalue weighted by atomic mass is 10.1. The van der Waals surface area contributed by atoms with E-state index in [0.717, 1.165) is 13.1 Å². The second kappa shape index (κ2) is 4.85. The maximum atomic E-state index is 12.1. The van der Waals surface area contributed by atoms with Gasteiger partial charge in [0.15, 0.2) is 0 Å². The second-order valence-electron chi connectivity index (χ2n) is 4.06. The van der Waals surface area contributed by atoms with Crippen LogP contribution in [0.1, 0.15) is 15.2 Å². The summed E-state index contributed by atoms with van der Waals surface area (Å²) < 4.78 is 1.77. The first-order chi connectivity index (χ1) is 9.08. The number of carbonyl (C=O) groups is 2. The number of hydrogen-bond donors (Lipinski definition) is 0. The van der Waals surface area contributed by atoms with Crippen LogP contribution in [0.4, 0.5) is 5.69 Å². The van der Waals surface area contributed by atoms with Gasteiger partial charge in [-0.3, -0.25) is 14.5 Å². The minimum absolute atomic E-state index is 0.413. The van der Waals surface area contributed by atoms with E-state index in [0.29, 0.717) is 17.8 Å². The molecule has 2 aromatic rings. The summed E-state index contributed by atoms with van der Waals surface area (Å²) in [6.45, 7) is 0.413. The lowest BCUT2D eigenvalue weighted by Gasteiger charge is -2.16. The van der Waals surface area contributed by atoms with E-state index in [4.69, 9.17) is 0 Å². The molecule has 96 valence electrons. The topological polar surface area (TPSA) is 37.4 Å². The third-order valence-electron chi connectivity index (χ3n) is 2.88. The molecule has 1 aliphatic rings. The molecule has 0 spiro atoms. The summed E-state index contributed by atoms with van der Waals surface area (Å²) >= 11 is 8.36. The van der Waals surface area contributed by atoms with Crippen LogP contribution in [0, 0.1) is 0 Å². The molecule has 0 saturated heterocycles. The van der Waals surface area contributed by atoms with E-state index in [1.807, 2.05) is 18.2 Å². The average Bonchev–Trinajstić information content (AvgIpc) is 2.89. The van der Waals surface area contributed by atoms with Gasteiger partial charge in [0.25, 0.3) is 11.7 Å². The number of ketones is 1. The minimum Gasteiger partial charge on any atom is -0.298 e. The number of amides is 1. The molecular formula is C13H7Br2NO2S. The Kier molecular flexibility index (Phi) is 3.32. The van der Waals surface area contributed by atoms with Gasteiger partial charge in [0.2, 0.25) is 0 Å². The van der Waals surface area contributed by atoms with Crippen molar-refractivity contribution in [3.8, 4) is 0 Å². The van der Waals surface area contributed by atoms with E-state index in [1.165, 1.54) is 4.90 Å². The molecule has 0 radical (unpaired) electrons. The third kappa shape index (κ3) is 2.17. The number of para-hydroxylation sites is 1. The number of thiophene rings is 1. The highest BCUT2D eigenvalue weighted by molar-refractivity contribution is 9.11. The van der Waals surface area contributed by atoms with Crippen LogP contribution in [0.5, 0.6) is 0 Å². The predicted molar refractivity (Wildman–Crippen MR) is 81.7 cm³/mol. The standard InChI is InChI=1S/C13H7Br2NO2S/c14-9-3-1-2-8-11(9)16(13(18)12(8)17)6-7-4-5-10(15)19-7/h1-5H,6H2. The summed E-state index contributed by atoms with van der Waals surface area (Å²) in [5, 5.41) is 0. The lowest BCUT2D eigenvalue weighted by molar-refractivity contribution is -0.114. The molecule has 0 saturated carbocycles. The lowest BCUT2D eigenvalue weighted by Crippen LogP contribution is -2.28. The Balaban J connectivity index is 2.04. The summed E-state index contributed by atoms with van der Waals surface area (Å²) in [4.78, 5) is 26.6. The van der Waals surface area contributed by atoms with Crippen molar-refractivity contribution in [1.29, 1.82) is 0 Å². The van der Waals surface area contributed by atoms with Crippen molar-refractivity contribution < 1.29 is 9.59 Å². The average molecular weight is 401 g/mol. The summed E-state index contributed by atoms with van der Waals surface area (Å²) in [7, 11) is 0. The number of hydrogen-bond acceptors (Lipinski definition) is 3. The molecule has 0 fully saturated rings. The fourth-order valence-electron chi connectivity index (χ4n) is 2.06. The number of Topliss-reactive ketones (excluding diaryl/α,β-unsaturated/α-hetero) is 1. The van der Waals surface area contributed by atoms with Crippen LogP contribution < -0.4 is 4.90 Å². The molecule has 3 rings (SSSR count). The van der Waals surface area contributed by atoms with Crippen molar-refractivity contribution in [2.24, 2.45) is 0 Å². The molecule has 0 unspecified atom stereocenters. The maximum absolute atomic E-state index is 12.1. The van der Waals surface area contributed by atoms with E-state index in [9.17, 15) is 9.59 Å². The zero-order valence-electron chi connectivity index (χ0n) is 9.52. The van der Waals surface area contributed by atoms with Crippen molar-refractivity contribution in [2.45, 2.75) is 6.54 Å². The quantitative estimate of drug-likeness (QED) is 0.714. The molecule has 1 aromatic carbocycles. The SMILES string of the molecule is O=C1C(=O)N(Cc2ccc(Br)s2)c2c(Br)cccc21. The highest BCUT2D eigenvalue weighted by Gasteiger charge is 2.37. The van der Waals surface area contributed by atoms with Crippen LogP contribution >= 0.6 is 43.2 Å². The molecule has 1 aliphatic heterocycles. The van der Waals surface area contributed by atoms with Crippen molar-refractivity contribution in [3.63, 3.8) is 0 Å². The van der Waals surface area contributed by atoms with Crippen molar-refractivity contribution >= 4 is 60.6 Å². The first kappa shape index (κ1) is 13.0. The zero-order chi connectivity index (χ0) is 13.6. The Morgan fingerprint density at radius 2 is 1.89 bits per heavy atom. The second-order valence-corrected chi connectivity index (χ2v) is 7.46. The van der Waals surface area contributed by atoms with Gasteiger partial charge in [-0.05, 0) is 56.1 Å². The smallest absolute Gasteiger partial charge is 0.298 e. The predicted octanol–water partition coefficient (Wildman–Crippen LogP) is 4.00. The zero-order valence-corrected chi connectivity index (χ0v) is 13.5. The van der Waals surface area contributed by atoms with Crippen molar-refractivity contribution in [1.82, 2.24) is 0 Å². The molecule has 0 N–H and O–H groups in total. The van der Waals surface area contributed by atoms with Crippen LogP contribution in [0.25, 0.3) is 0 Å². The number of nitrogens with zero attached hydrogens (tertiary/aromatic N) is 1. The van der Waals surface area contributed by atoms with Gasteiger partial charge in [-0.2, -0.15) is 0 Å². The maximum Gasteiger partial charge on any atom is 0.299 e. The minimum atomic E-state index is -0.466. The molecule has 19 heavy (non-hydrogen) atoms. The van der Waals surface area contributed by atoms with Crippen LogP contribution in [0.15, 0.2) is 38.6 Å². The monoisotopic (exact) mass is 399 g/mol. The van der Waals surface area contributed by atoms with E-state index in [1.54, 1.807) is 23.5 Å². The van der Waals surface area contributed by atoms with Crippen LogP contribution in [0.2, 0.25) is 0 Å². The van der Waals surface area contributed by atoms with Crippen molar-refractivity contribution in [2.75, 3.05) is 4.90 Å². The fourth-order valence-corrected chi connectivity index (χ4v) is 4.11. The van der Waals surface area contributed by atoms with E-state index >= 15 is 0 Å². The molecule has 3 nitrogen and oxygen atoms in total. The number of carbonyl (C=O) groups excluding carboxylic acids is 2. The Hall–Kier alpha value is -0.980. The van der Waals surface area contributed by atoms with Gasteiger partial charge in [0.1, 0.15) is 0 Å². The van der Waals surface area contributed by atoms with E-state index < -0.39 is 11.7 Å². The number of rotatable bonds is 2. The van der Waals surface area contributed by atoms with Gasteiger partial charge in [-0.25, -0.2) is 0 Å². The molecule has 2 heterocycles. The number of fused-ring (bicyclic) bond motifs is 1. The van der Waals surface area contributed by atoms with E-state index in [-0.39, 0.29) is 0 Å². The van der Waals surface area contributed by atoms with Gasteiger partial charge < -0.3 is 0 Å². The molecule has 0 bridgehead atoms. The normalized spacial score (nSPS) is 14.1. The Bertz CT molecular complexity index is 696. The molecule has 1 amide bonds. The number of halogens is 2. The number of anilines is 1. The first-order valence-electron chi connectivity index (χ1n) is 5.47. The van der Waals surface area contributed by atoms with Crippen LogP contribution in [0.3, 0.4) is 0 Å². The summed E-state index contributed by atoms with van der Waals surface area (Å²) in [6.07, 6.45) is 0. The fraction of sp³-hybridized carbons (Fsp3) is 0.0769. The highest BCUT2D eigenvalue weighted by Crippen LogP contribution is 2.37. The number of benzene rings is 1. The largest absolute Gasteiger partial charge is 0.299 e. The Morgan fingerprint density at radius 3 is 2.58 bits per heavy atom. The molecule has 0 atom stereocenters. The summed E-state index contributed by atoms with van der Waals surface area (Å²) in [5.74, 6) is -0.904. The van der Waals surface area contributed by atoms with Crippen LogP contribution in [-0.2, 0) is 11.3 Å². The van der Waals surface area contributed by atoms with Crippen molar-refractivity contribution in [3.05, 3.63) is 49.0 Å². The Labute approximate surface area is 130 Å². The van der Waals surface area contributed by atoms with Gasteiger partial charge in [0.05, 0.1) is 21.6 Å². The Morgan fingerprint density at radius 1 is 1.11 bits per heavy atom. The highest BCUT2D eigenvalue weighted by atomic mass is 79.9. The summed E-state index contributed by atoms with van der Waals surface area (Å²) in [6, 6.07) is 9.16. The van der Waals surface area contributed by atoms with Gasteiger partial charge >= 0.3 is 0 Å². The first-order valence-corrected chi connectivity index (χ1v) is 7.87. The van der Waals surface area contributed by atoms with Gasteiger partial charge in [-0.15, -0.1) is 11.3 Å². The van der Waals surface area contributed by atoms with E-state index in [2.05, 4.69) is 31.9 Å². The van der Waals surface area contributed by atoms with Crippen LogP contribution in [-0.4, -0.2) is 11.7 Å². The molecule has 0 aliphatic carbocycles. The van der Waals surface area contributed by atoms with Gasteiger partial charge in [0, 0.05) is 9.35 Å². The summed E-state index contributed by atoms with van der Waals surface area (Å²) in [5.41, 5.74) is 1.14. The van der Waals surface area contributed by atoms with Gasteiger partial charge in [-0.1, -0.05) is 6.07 Å². The molecular weight excluding hydrogens is 394 g/mol. The third-order valence-corrected chi connectivity index (χ3v) is 5.13. The molecule has 1 aromatic heterocycles.